The number of fused-ring (bicyclic) bond motifs is 1. The molecule has 0 radical (unpaired) electrons. The summed E-state index contributed by atoms with van der Waals surface area (Å²) < 4.78 is 29.0. The Morgan fingerprint density at radius 2 is 1.82 bits per heavy atom. The van der Waals surface area contributed by atoms with E-state index in [0.29, 0.717) is 5.13 Å². The highest BCUT2D eigenvalue weighted by molar-refractivity contribution is 7.14. The van der Waals surface area contributed by atoms with E-state index in [1.165, 1.54) is 35.6 Å². The Morgan fingerprint density at radius 1 is 1.04 bits per heavy atom. The number of carbonyl (C=O) groups is 1. The molecule has 0 aliphatic carbocycles. The van der Waals surface area contributed by atoms with Crippen LogP contribution in [0.5, 0.6) is 5.75 Å². The number of halogens is 2. The zero-order valence-corrected chi connectivity index (χ0v) is 15.2. The number of nitrogens with zero attached hydrogens (tertiary/aromatic N) is 1. The van der Waals surface area contributed by atoms with Crippen LogP contribution in [0, 0.1) is 0 Å². The van der Waals surface area contributed by atoms with Gasteiger partial charge in [0, 0.05) is 16.5 Å². The molecular formula is C21H14F2N2O2S. The summed E-state index contributed by atoms with van der Waals surface area (Å²) in [6.45, 7) is -2.94. The van der Waals surface area contributed by atoms with Crippen molar-refractivity contribution in [3.8, 4) is 17.0 Å². The monoisotopic (exact) mass is 396 g/mol. The molecule has 28 heavy (non-hydrogen) atoms. The smallest absolute Gasteiger partial charge is 0.387 e. The molecule has 0 spiro atoms. The predicted molar refractivity (Wildman–Crippen MR) is 106 cm³/mol. The van der Waals surface area contributed by atoms with E-state index < -0.39 is 12.5 Å². The van der Waals surface area contributed by atoms with Gasteiger partial charge in [-0.15, -0.1) is 11.3 Å². The zero-order chi connectivity index (χ0) is 19.5. The van der Waals surface area contributed by atoms with Crippen molar-refractivity contribution in [3.05, 3.63) is 77.7 Å². The number of rotatable bonds is 5. The van der Waals surface area contributed by atoms with Gasteiger partial charge in [0.15, 0.2) is 5.13 Å². The fourth-order valence-corrected chi connectivity index (χ4v) is 3.59. The van der Waals surface area contributed by atoms with Crippen LogP contribution in [-0.2, 0) is 0 Å². The first-order valence-electron chi connectivity index (χ1n) is 8.40. The number of carbonyl (C=O) groups excluding carboxylic acids is 1. The van der Waals surface area contributed by atoms with Crippen LogP contribution in [0.3, 0.4) is 0 Å². The number of hydrogen-bond donors (Lipinski definition) is 1. The number of hydrogen-bond acceptors (Lipinski definition) is 4. The van der Waals surface area contributed by atoms with E-state index in [-0.39, 0.29) is 11.3 Å². The molecule has 4 nitrogen and oxygen atoms in total. The Labute approximate surface area is 163 Å². The van der Waals surface area contributed by atoms with Gasteiger partial charge in [-0.25, -0.2) is 4.98 Å². The van der Waals surface area contributed by atoms with Gasteiger partial charge >= 0.3 is 6.61 Å². The first-order valence-corrected chi connectivity index (χ1v) is 9.28. The summed E-state index contributed by atoms with van der Waals surface area (Å²) in [5.74, 6) is -0.517. The van der Waals surface area contributed by atoms with E-state index in [1.807, 2.05) is 47.8 Å². The molecule has 0 saturated heterocycles. The van der Waals surface area contributed by atoms with Crippen molar-refractivity contribution in [2.24, 2.45) is 0 Å². The van der Waals surface area contributed by atoms with Gasteiger partial charge in [-0.3, -0.25) is 10.1 Å². The largest absolute Gasteiger partial charge is 0.435 e. The number of ether oxygens (including phenoxy) is 1. The van der Waals surface area contributed by atoms with Crippen LogP contribution in [0.4, 0.5) is 13.9 Å². The van der Waals surface area contributed by atoms with E-state index in [0.717, 1.165) is 22.0 Å². The second-order valence-electron chi connectivity index (χ2n) is 5.93. The first-order chi connectivity index (χ1) is 13.6. The van der Waals surface area contributed by atoms with Gasteiger partial charge in [0.1, 0.15) is 5.75 Å². The summed E-state index contributed by atoms with van der Waals surface area (Å²) >= 11 is 1.30. The molecule has 4 aromatic rings. The summed E-state index contributed by atoms with van der Waals surface area (Å²) in [5.41, 5.74) is 1.94. The highest BCUT2D eigenvalue weighted by Gasteiger charge is 2.13. The maximum atomic E-state index is 12.4. The fourth-order valence-electron chi connectivity index (χ4n) is 2.89. The Hall–Kier alpha value is -3.32. The van der Waals surface area contributed by atoms with Crippen molar-refractivity contribution in [2.45, 2.75) is 6.61 Å². The van der Waals surface area contributed by atoms with Gasteiger partial charge in [-0.2, -0.15) is 8.78 Å². The molecule has 140 valence electrons. The molecule has 0 unspecified atom stereocenters. The SMILES string of the molecule is O=C(Nc1nc(-c2cccc3ccccc23)cs1)c1cccc(OC(F)F)c1. The summed E-state index contributed by atoms with van der Waals surface area (Å²) in [5, 5.41) is 7.18. The molecule has 0 aliphatic heterocycles. The molecule has 1 N–H and O–H groups in total. The van der Waals surface area contributed by atoms with Gasteiger partial charge in [0.05, 0.1) is 5.69 Å². The third-order valence-electron chi connectivity index (χ3n) is 4.11. The zero-order valence-electron chi connectivity index (χ0n) is 14.4. The molecule has 1 amide bonds. The van der Waals surface area contributed by atoms with Crippen molar-refractivity contribution < 1.29 is 18.3 Å². The lowest BCUT2D eigenvalue weighted by Crippen LogP contribution is -2.12. The second-order valence-corrected chi connectivity index (χ2v) is 6.78. The topological polar surface area (TPSA) is 51.2 Å². The molecule has 0 fully saturated rings. The lowest BCUT2D eigenvalue weighted by atomic mass is 10.0. The minimum absolute atomic E-state index is 0.0711. The summed E-state index contributed by atoms with van der Waals surface area (Å²) in [6.07, 6.45) is 0. The minimum Gasteiger partial charge on any atom is -0.435 e. The number of benzene rings is 3. The number of anilines is 1. The van der Waals surface area contributed by atoms with Gasteiger partial charge in [-0.1, -0.05) is 48.5 Å². The number of aromatic nitrogens is 1. The molecule has 0 atom stereocenters. The summed E-state index contributed by atoms with van der Waals surface area (Å²) in [7, 11) is 0. The highest BCUT2D eigenvalue weighted by Crippen LogP contribution is 2.31. The molecule has 0 aliphatic rings. The van der Waals surface area contributed by atoms with Gasteiger partial charge in [0.25, 0.3) is 5.91 Å². The van der Waals surface area contributed by atoms with Gasteiger partial charge in [0.2, 0.25) is 0 Å². The second kappa shape index (κ2) is 7.74. The highest BCUT2D eigenvalue weighted by atomic mass is 32.1. The van der Waals surface area contributed by atoms with Crippen LogP contribution in [-0.4, -0.2) is 17.5 Å². The van der Waals surface area contributed by atoms with E-state index in [9.17, 15) is 13.6 Å². The Balaban J connectivity index is 1.56. The average molecular weight is 396 g/mol. The predicted octanol–water partition coefficient (Wildman–Crippen LogP) is 5.82. The van der Waals surface area contributed by atoms with E-state index in [2.05, 4.69) is 15.0 Å². The van der Waals surface area contributed by atoms with Crippen LogP contribution >= 0.6 is 11.3 Å². The first kappa shape index (κ1) is 18.1. The fraction of sp³-hybridized carbons (Fsp3) is 0.0476. The summed E-state index contributed by atoms with van der Waals surface area (Å²) in [4.78, 5) is 16.9. The van der Waals surface area contributed by atoms with Crippen LogP contribution in [0.2, 0.25) is 0 Å². The Morgan fingerprint density at radius 3 is 2.68 bits per heavy atom. The molecule has 7 heteroatoms. The maximum Gasteiger partial charge on any atom is 0.387 e. The number of amides is 1. The molecular weight excluding hydrogens is 382 g/mol. The van der Waals surface area contributed by atoms with Crippen molar-refractivity contribution in [2.75, 3.05) is 5.32 Å². The van der Waals surface area contributed by atoms with E-state index in [1.54, 1.807) is 0 Å². The third-order valence-corrected chi connectivity index (χ3v) is 4.87. The minimum atomic E-state index is -2.94. The normalized spacial score (nSPS) is 11.0. The van der Waals surface area contributed by atoms with Gasteiger partial charge < -0.3 is 4.74 Å². The molecule has 1 aromatic heterocycles. The van der Waals surface area contributed by atoms with Crippen molar-refractivity contribution in [3.63, 3.8) is 0 Å². The number of thiazole rings is 1. The van der Waals surface area contributed by atoms with Gasteiger partial charge in [-0.05, 0) is 29.0 Å². The van der Waals surface area contributed by atoms with E-state index in [4.69, 9.17) is 0 Å². The van der Waals surface area contributed by atoms with E-state index >= 15 is 0 Å². The van der Waals surface area contributed by atoms with Crippen molar-refractivity contribution in [1.82, 2.24) is 4.98 Å². The van der Waals surface area contributed by atoms with Crippen molar-refractivity contribution >= 4 is 33.1 Å². The van der Waals surface area contributed by atoms with Crippen LogP contribution in [0.25, 0.3) is 22.0 Å². The Kier molecular flexibility index (Phi) is 4.99. The molecule has 1 heterocycles. The van der Waals surface area contributed by atoms with Crippen LogP contribution < -0.4 is 10.1 Å². The molecule has 0 bridgehead atoms. The number of alkyl halides is 2. The molecule has 4 rings (SSSR count). The van der Waals surface area contributed by atoms with Crippen LogP contribution in [0.15, 0.2) is 72.1 Å². The van der Waals surface area contributed by atoms with Crippen LogP contribution in [0.1, 0.15) is 10.4 Å². The Bertz CT molecular complexity index is 1140. The lowest BCUT2D eigenvalue weighted by molar-refractivity contribution is -0.0498. The molecule has 3 aromatic carbocycles. The quantitative estimate of drug-likeness (QED) is 0.463. The molecule has 0 saturated carbocycles. The lowest BCUT2D eigenvalue weighted by Gasteiger charge is -2.06. The summed E-state index contributed by atoms with van der Waals surface area (Å²) in [6, 6.07) is 19.6. The standard InChI is InChI=1S/C21H14F2N2O2S/c22-20(23)27-15-8-3-7-14(11-15)19(26)25-21-24-18(12-28-21)17-10-4-6-13-5-1-2-9-16(13)17/h1-12,20H,(H,24,25,26). The third kappa shape index (κ3) is 3.84. The number of nitrogens with one attached hydrogen (secondary N) is 1. The van der Waals surface area contributed by atoms with Crippen molar-refractivity contribution in [1.29, 1.82) is 0 Å². The maximum absolute atomic E-state index is 12.4. The average Bonchev–Trinajstić information content (AvgIpc) is 3.15.